The van der Waals surface area contributed by atoms with Crippen molar-refractivity contribution in [2.45, 2.75) is 12.5 Å². The Morgan fingerprint density at radius 1 is 1.53 bits per heavy atom. The molecule has 3 N–H and O–H groups in total. The average molecular weight is 287 g/mol. The van der Waals surface area contributed by atoms with Crippen LogP contribution in [0.3, 0.4) is 0 Å². The van der Waals surface area contributed by atoms with Gasteiger partial charge in [0.15, 0.2) is 11.5 Å². The van der Waals surface area contributed by atoms with Gasteiger partial charge in [0.1, 0.15) is 0 Å². The second kappa shape index (κ2) is 6.10. The fourth-order valence-electron chi connectivity index (χ4n) is 1.61. The summed E-state index contributed by atoms with van der Waals surface area (Å²) < 4.78 is 15.3. The number of hydrogen-bond acceptors (Lipinski definition) is 5. The van der Waals surface area contributed by atoms with Gasteiger partial charge in [-0.1, -0.05) is 11.6 Å². The molecule has 1 aliphatic rings. The van der Waals surface area contributed by atoms with Crippen molar-refractivity contribution in [3.8, 4) is 11.5 Å². The topological polar surface area (TPSA) is 82.8 Å². The van der Waals surface area contributed by atoms with Gasteiger partial charge in [-0.25, -0.2) is 0 Å². The molecule has 1 unspecified atom stereocenters. The van der Waals surface area contributed by atoms with Crippen LogP contribution in [0.5, 0.6) is 11.5 Å². The Kier molecular flexibility index (Phi) is 4.47. The number of ether oxygens (including phenoxy) is 3. The molecule has 0 saturated carbocycles. The van der Waals surface area contributed by atoms with Gasteiger partial charge in [-0.3, -0.25) is 4.79 Å². The van der Waals surface area contributed by atoms with Crippen molar-refractivity contribution in [2.24, 2.45) is 5.73 Å². The summed E-state index contributed by atoms with van der Waals surface area (Å²) in [7, 11) is 1.55. The fraction of sp³-hybridized carbons (Fsp3) is 0.417. The number of fused-ring (bicyclic) bond motifs is 1. The lowest BCUT2D eigenvalue weighted by molar-refractivity contribution is -0.117. The molecule has 1 atom stereocenters. The lowest BCUT2D eigenvalue weighted by Gasteiger charge is -2.13. The van der Waals surface area contributed by atoms with Crippen LogP contribution in [-0.4, -0.2) is 32.5 Å². The van der Waals surface area contributed by atoms with Crippen LogP contribution < -0.4 is 20.5 Å². The van der Waals surface area contributed by atoms with Crippen LogP contribution in [0.25, 0.3) is 0 Å². The van der Waals surface area contributed by atoms with Crippen molar-refractivity contribution in [1.82, 2.24) is 0 Å². The molecule has 7 heteroatoms. The molecule has 2 rings (SSSR count). The highest BCUT2D eigenvalue weighted by atomic mass is 35.5. The van der Waals surface area contributed by atoms with Crippen LogP contribution in [0.2, 0.25) is 5.02 Å². The van der Waals surface area contributed by atoms with E-state index in [1.165, 1.54) is 0 Å². The van der Waals surface area contributed by atoms with Crippen LogP contribution in [0.4, 0.5) is 5.69 Å². The Morgan fingerprint density at radius 2 is 2.21 bits per heavy atom. The maximum atomic E-state index is 11.8. The van der Waals surface area contributed by atoms with Gasteiger partial charge in [0, 0.05) is 25.8 Å². The molecule has 19 heavy (non-hydrogen) atoms. The van der Waals surface area contributed by atoms with Crippen molar-refractivity contribution < 1.29 is 19.0 Å². The van der Waals surface area contributed by atoms with E-state index in [4.69, 9.17) is 31.5 Å². The highest BCUT2D eigenvalue weighted by Crippen LogP contribution is 2.39. The zero-order chi connectivity index (χ0) is 13.8. The van der Waals surface area contributed by atoms with Crippen LogP contribution in [0, 0.1) is 0 Å². The summed E-state index contributed by atoms with van der Waals surface area (Å²) in [4.78, 5) is 11.8. The largest absolute Gasteiger partial charge is 0.454 e. The number of methoxy groups -OCH3 is 1. The molecule has 0 aliphatic carbocycles. The summed E-state index contributed by atoms with van der Waals surface area (Å²) in [5.74, 6) is 0.787. The predicted molar refractivity (Wildman–Crippen MR) is 70.7 cm³/mol. The Balaban J connectivity index is 2.04. The summed E-state index contributed by atoms with van der Waals surface area (Å²) >= 11 is 6.05. The average Bonchev–Trinajstić information content (AvgIpc) is 2.83. The van der Waals surface area contributed by atoms with Crippen LogP contribution in [0.1, 0.15) is 6.42 Å². The molecule has 0 saturated heterocycles. The van der Waals surface area contributed by atoms with Crippen molar-refractivity contribution >= 4 is 23.2 Å². The molecule has 0 radical (unpaired) electrons. The zero-order valence-electron chi connectivity index (χ0n) is 10.4. The van der Waals surface area contributed by atoms with Gasteiger partial charge in [0.2, 0.25) is 12.7 Å². The van der Waals surface area contributed by atoms with E-state index in [1.807, 2.05) is 0 Å². The molecule has 1 aromatic rings. The van der Waals surface area contributed by atoms with Gasteiger partial charge in [0.05, 0.1) is 16.8 Å². The maximum Gasteiger partial charge on any atom is 0.241 e. The van der Waals surface area contributed by atoms with E-state index in [1.54, 1.807) is 19.2 Å². The number of nitrogens with two attached hydrogens (primary N) is 1. The normalized spacial score (nSPS) is 14.3. The van der Waals surface area contributed by atoms with Gasteiger partial charge in [-0.2, -0.15) is 0 Å². The highest BCUT2D eigenvalue weighted by molar-refractivity contribution is 6.34. The first kappa shape index (κ1) is 13.9. The monoisotopic (exact) mass is 286 g/mol. The predicted octanol–water partition coefficient (Wildman–Crippen LogP) is 1.37. The van der Waals surface area contributed by atoms with E-state index in [9.17, 15) is 4.79 Å². The number of benzene rings is 1. The second-order valence-electron chi connectivity index (χ2n) is 4.06. The quantitative estimate of drug-likeness (QED) is 0.854. The Bertz CT molecular complexity index is 481. The van der Waals surface area contributed by atoms with E-state index >= 15 is 0 Å². The lowest BCUT2D eigenvalue weighted by Crippen LogP contribution is -2.36. The van der Waals surface area contributed by atoms with Gasteiger partial charge >= 0.3 is 0 Å². The fourth-order valence-corrected chi connectivity index (χ4v) is 1.82. The number of nitrogens with one attached hydrogen (secondary N) is 1. The molecule has 6 nitrogen and oxygen atoms in total. The molecule has 1 aliphatic heterocycles. The third-order valence-corrected chi connectivity index (χ3v) is 3.00. The molecular weight excluding hydrogens is 272 g/mol. The van der Waals surface area contributed by atoms with Crippen molar-refractivity contribution in [3.63, 3.8) is 0 Å². The third-order valence-electron chi connectivity index (χ3n) is 2.69. The van der Waals surface area contributed by atoms with E-state index in [0.717, 1.165) is 0 Å². The summed E-state index contributed by atoms with van der Waals surface area (Å²) in [5.41, 5.74) is 6.17. The van der Waals surface area contributed by atoms with E-state index in [-0.39, 0.29) is 12.7 Å². The van der Waals surface area contributed by atoms with Crippen molar-refractivity contribution in [2.75, 3.05) is 25.8 Å². The maximum absolute atomic E-state index is 11.8. The molecule has 1 heterocycles. The number of carbonyl (C=O) groups excluding carboxylic acids is 1. The van der Waals surface area contributed by atoms with E-state index in [2.05, 4.69) is 5.32 Å². The van der Waals surface area contributed by atoms with E-state index < -0.39 is 6.04 Å². The first-order valence-corrected chi connectivity index (χ1v) is 6.14. The zero-order valence-corrected chi connectivity index (χ0v) is 11.2. The Morgan fingerprint density at radius 3 is 2.89 bits per heavy atom. The minimum absolute atomic E-state index is 0.149. The van der Waals surface area contributed by atoms with Crippen LogP contribution in [0.15, 0.2) is 12.1 Å². The van der Waals surface area contributed by atoms with Crippen LogP contribution in [-0.2, 0) is 9.53 Å². The number of carbonyl (C=O) groups is 1. The Labute approximate surface area is 115 Å². The first-order valence-electron chi connectivity index (χ1n) is 5.76. The summed E-state index contributed by atoms with van der Waals surface area (Å²) in [6.07, 6.45) is 0.435. The number of rotatable bonds is 5. The van der Waals surface area contributed by atoms with Crippen molar-refractivity contribution in [3.05, 3.63) is 17.2 Å². The summed E-state index contributed by atoms with van der Waals surface area (Å²) in [6.45, 7) is 0.569. The summed E-state index contributed by atoms with van der Waals surface area (Å²) in [6, 6.07) is 2.56. The molecule has 1 aromatic carbocycles. The third kappa shape index (κ3) is 3.28. The smallest absolute Gasteiger partial charge is 0.241 e. The molecule has 0 spiro atoms. The molecular formula is C12H15ClN2O4. The first-order chi connectivity index (χ1) is 9.11. The molecule has 1 amide bonds. The van der Waals surface area contributed by atoms with Gasteiger partial charge < -0.3 is 25.3 Å². The molecule has 0 fully saturated rings. The highest BCUT2D eigenvalue weighted by Gasteiger charge is 2.19. The number of halogens is 1. The van der Waals surface area contributed by atoms with Gasteiger partial charge in [0.25, 0.3) is 0 Å². The van der Waals surface area contributed by atoms with Crippen molar-refractivity contribution in [1.29, 1.82) is 0 Å². The standard InChI is InChI=1S/C12H15ClN2O4/c1-17-3-2-8(14)12(16)15-9-5-11-10(4-7(9)13)18-6-19-11/h4-5,8H,2-3,6,14H2,1H3,(H,15,16). The van der Waals surface area contributed by atoms with Crippen LogP contribution >= 0.6 is 11.6 Å². The van der Waals surface area contributed by atoms with Gasteiger partial charge in [-0.05, 0) is 6.42 Å². The van der Waals surface area contributed by atoms with E-state index in [0.29, 0.717) is 35.2 Å². The Hall–Kier alpha value is -1.50. The molecule has 104 valence electrons. The SMILES string of the molecule is COCCC(N)C(=O)Nc1cc2c(cc1Cl)OCO2. The summed E-state index contributed by atoms with van der Waals surface area (Å²) in [5, 5.41) is 3.03. The number of hydrogen-bond donors (Lipinski definition) is 2. The second-order valence-corrected chi connectivity index (χ2v) is 4.47. The number of anilines is 1. The minimum Gasteiger partial charge on any atom is -0.454 e. The molecule has 0 aromatic heterocycles. The minimum atomic E-state index is -0.651. The van der Waals surface area contributed by atoms with Gasteiger partial charge in [-0.15, -0.1) is 0 Å². The molecule has 0 bridgehead atoms. The number of amides is 1. The lowest BCUT2D eigenvalue weighted by atomic mass is 10.2.